The minimum Gasteiger partial charge on any atom is -0.456 e. The molecule has 0 spiro atoms. The second-order valence-corrected chi connectivity index (χ2v) is 7.74. The lowest BCUT2D eigenvalue weighted by Gasteiger charge is -2.28. The number of hydrogen-bond acceptors (Lipinski definition) is 5. The first kappa shape index (κ1) is 20.8. The summed E-state index contributed by atoms with van der Waals surface area (Å²) in [6.07, 6.45) is 4.88. The molecule has 1 amide bonds. The summed E-state index contributed by atoms with van der Waals surface area (Å²) in [7, 11) is 0. The topological polar surface area (TPSA) is 79.5 Å². The Morgan fingerprint density at radius 3 is 2.73 bits per heavy atom. The average Bonchev–Trinajstić information content (AvgIpc) is 3.28. The van der Waals surface area contributed by atoms with Crippen molar-refractivity contribution in [2.24, 2.45) is 0 Å². The molecule has 2 aromatic heterocycles. The van der Waals surface area contributed by atoms with E-state index in [9.17, 15) is 4.79 Å². The van der Waals surface area contributed by atoms with Gasteiger partial charge in [0.15, 0.2) is 0 Å². The summed E-state index contributed by atoms with van der Waals surface area (Å²) in [5, 5.41) is 3.71. The van der Waals surface area contributed by atoms with Crippen LogP contribution in [-0.4, -0.2) is 42.2 Å². The molecule has 0 radical (unpaired) electrons. The number of carbonyl (C=O) groups is 1. The Labute approximate surface area is 191 Å². The highest BCUT2D eigenvalue weighted by Crippen LogP contribution is 2.33. The molecule has 3 heterocycles. The number of anilines is 2. The van der Waals surface area contributed by atoms with Gasteiger partial charge in [0.25, 0.3) is 0 Å². The van der Waals surface area contributed by atoms with Gasteiger partial charge in [0.2, 0.25) is 5.91 Å². The van der Waals surface area contributed by atoms with Crippen LogP contribution in [0.25, 0.3) is 22.2 Å². The largest absolute Gasteiger partial charge is 0.456 e. The molecule has 1 fully saturated rings. The predicted octanol–water partition coefficient (Wildman–Crippen LogP) is 4.98. The van der Waals surface area contributed by atoms with Crippen molar-refractivity contribution < 1.29 is 14.3 Å². The van der Waals surface area contributed by atoms with Gasteiger partial charge in [-0.2, -0.15) is 0 Å². The third-order valence-corrected chi connectivity index (χ3v) is 5.58. The smallest absolute Gasteiger partial charge is 0.247 e. The zero-order chi connectivity index (χ0) is 22.6. The minimum atomic E-state index is -0.271. The standard InChI is InChI=1S/C26H24N4O3/c1-2-25(31)29-19-4-3-5-21(14-19)33-22-15-23-24(17-28-26(23)27-16-22)18-6-8-20(9-7-18)30-10-12-32-13-11-30/h2-9,14-17H,1,10-13H2,(H,27,28)(H,29,31). The Morgan fingerprint density at radius 1 is 1.12 bits per heavy atom. The Bertz CT molecular complexity index is 1290. The molecule has 0 aliphatic carbocycles. The van der Waals surface area contributed by atoms with Crippen molar-refractivity contribution >= 4 is 28.3 Å². The number of amides is 1. The SMILES string of the molecule is C=CC(=O)Nc1cccc(Oc2cnc3[nH]cc(-c4ccc(N5CCOCC5)cc4)c3c2)c1. The quantitative estimate of drug-likeness (QED) is 0.413. The van der Waals surface area contributed by atoms with Gasteiger partial charge < -0.3 is 24.7 Å². The van der Waals surface area contributed by atoms with Crippen molar-refractivity contribution in [3.05, 3.63) is 79.6 Å². The van der Waals surface area contributed by atoms with Gasteiger partial charge in [0, 0.05) is 47.7 Å². The van der Waals surface area contributed by atoms with Gasteiger partial charge in [0.05, 0.1) is 19.4 Å². The molecule has 5 rings (SSSR count). The molecule has 1 aliphatic heterocycles. The van der Waals surface area contributed by atoms with Gasteiger partial charge in [-0.15, -0.1) is 0 Å². The maximum absolute atomic E-state index is 11.6. The van der Waals surface area contributed by atoms with Crippen molar-refractivity contribution in [2.75, 3.05) is 36.5 Å². The van der Waals surface area contributed by atoms with Crippen LogP contribution in [0.5, 0.6) is 11.5 Å². The van der Waals surface area contributed by atoms with E-state index in [-0.39, 0.29) is 5.91 Å². The van der Waals surface area contributed by atoms with Crippen molar-refractivity contribution in [1.82, 2.24) is 9.97 Å². The lowest BCUT2D eigenvalue weighted by molar-refractivity contribution is -0.111. The number of benzene rings is 2. The second-order valence-electron chi connectivity index (χ2n) is 7.74. The van der Waals surface area contributed by atoms with E-state index in [1.807, 2.05) is 24.4 Å². The summed E-state index contributed by atoms with van der Waals surface area (Å²) in [4.78, 5) is 21.6. The van der Waals surface area contributed by atoms with Crippen molar-refractivity contribution in [3.8, 4) is 22.6 Å². The van der Waals surface area contributed by atoms with Gasteiger partial charge in [-0.3, -0.25) is 4.79 Å². The Kier molecular flexibility index (Phi) is 5.78. The number of hydrogen-bond donors (Lipinski definition) is 2. The molecule has 33 heavy (non-hydrogen) atoms. The number of H-pyrrole nitrogens is 1. The summed E-state index contributed by atoms with van der Waals surface area (Å²) < 4.78 is 11.5. The van der Waals surface area contributed by atoms with Crippen molar-refractivity contribution in [3.63, 3.8) is 0 Å². The summed E-state index contributed by atoms with van der Waals surface area (Å²) in [5.41, 5.74) is 4.79. The van der Waals surface area contributed by atoms with Gasteiger partial charge >= 0.3 is 0 Å². The molecule has 0 saturated carbocycles. The third-order valence-electron chi connectivity index (χ3n) is 5.58. The summed E-state index contributed by atoms with van der Waals surface area (Å²) in [5.74, 6) is 0.942. The van der Waals surface area contributed by atoms with Crippen molar-refractivity contribution in [1.29, 1.82) is 0 Å². The van der Waals surface area contributed by atoms with Gasteiger partial charge in [0.1, 0.15) is 17.1 Å². The number of nitrogens with one attached hydrogen (secondary N) is 2. The molecule has 0 unspecified atom stereocenters. The molecule has 0 bridgehead atoms. The van der Waals surface area contributed by atoms with Crippen LogP contribution in [0.4, 0.5) is 11.4 Å². The van der Waals surface area contributed by atoms with E-state index in [4.69, 9.17) is 9.47 Å². The van der Waals surface area contributed by atoms with Gasteiger partial charge in [-0.1, -0.05) is 24.8 Å². The minimum absolute atomic E-state index is 0.271. The van der Waals surface area contributed by atoms with Crippen LogP contribution < -0.4 is 15.0 Å². The number of aromatic amines is 1. The molecule has 1 saturated heterocycles. The van der Waals surface area contributed by atoms with Crippen LogP contribution >= 0.6 is 0 Å². The molecule has 7 nitrogen and oxygen atoms in total. The molecule has 2 aromatic carbocycles. The number of morpholine rings is 1. The summed E-state index contributed by atoms with van der Waals surface area (Å²) in [6.45, 7) is 6.83. The van der Waals surface area contributed by atoms with E-state index >= 15 is 0 Å². The van der Waals surface area contributed by atoms with Crippen molar-refractivity contribution in [2.45, 2.75) is 0 Å². The summed E-state index contributed by atoms with van der Waals surface area (Å²) in [6, 6.07) is 17.7. The van der Waals surface area contributed by atoms with E-state index < -0.39 is 0 Å². The lowest BCUT2D eigenvalue weighted by Crippen LogP contribution is -2.36. The average molecular weight is 441 g/mol. The van der Waals surface area contributed by atoms with E-state index in [2.05, 4.69) is 51.0 Å². The summed E-state index contributed by atoms with van der Waals surface area (Å²) >= 11 is 0. The second kappa shape index (κ2) is 9.18. The zero-order valence-corrected chi connectivity index (χ0v) is 18.1. The number of aromatic nitrogens is 2. The van der Waals surface area contributed by atoms with Crippen LogP contribution in [-0.2, 0) is 9.53 Å². The maximum atomic E-state index is 11.6. The Hall–Kier alpha value is -4.10. The number of carbonyl (C=O) groups excluding carboxylic acids is 1. The van der Waals surface area contributed by atoms with Crippen LogP contribution in [0.15, 0.2) is 79.6 Å². The molecule has 0 atom stereocenters. The van der Waals surface area contributed by atoms with Crippen LogP contribution in [0.1, 0.15) is 0 Å². The molecule has 4 aromatic rings. The highest BCUT2D eigenvalue weighted by Gasteiger charge is 2.13. The van der Waals surface area contributed by atoms with Crippen LogP contribution in [0.3, 0.4) is 0 Å². The third kappa shape index (κ3) is 4.58. The fraction of sp³-hybridized carbons (Fsp3) is 0.154. The monoisotopic (exact) mass is 440 g/mol. The Balaban J connectivity index is 1.38. The molecule has 2 N–H and O–H groups in total. The molecule has 1 aliphatic rings. The van der Waals surface area contributed by atoms with E-state index in [0.717, 1.165) is 48.5 Å². The van der Waals surface area contributed by atoms with Crippen LogP contribution in [0, 0.1) is 0 Å². The van der Waals surface area contributed by atoms with Gasteiger partial charge in [-0.25, -0.2) is 4.98 Å². The number of nitrogens with zero attached hydrogens (tertiary/aromatic N) is 2. The van der Waals surface area contributed by atoms with Crippen LogP contribution in [0.2, 0.25) is 0 Å². The number of pyridine rings is 1. The highest BCUT2D eigenvalue weighted by molar-refractivity contribution is 5.99. The van der Waals surface area contributed by atoms with E-state index in [0.29, 0.717) is 17.2 Å². The fourth-order valence-corrected chi connectivity index (χ4v) is 3.92. The highest BCUT2D eigenvalue weighted by atomic mass is 16.5. The predicted molar refractivity (Wildman–Crippen MR) is 130 cm³/mol. The van der Waals surface area contributed by atoms with E-state index in [1.165, 1.54) is 11.8 Å². The first-order chi connectivity index (χ1) is 16.2. The lowest BCUT2D eigenvalue weighted by atomic mass is 10.1. The van der Waals surface area contributed by atoms with Gasteiger partial charge in [-0.05, 0) is 42.0 Å². The molecule has 7 heteroatoms. The fourth-order valence-electron chi connectivity index (χ4n) is 3.92. The first-order valence-corrected chi connectivity index (χ1v) is 10.8. The maximum Gasteiger partial charge on any atom is 0.247 e. The number of rotatable bonds is 6. The normalized spacial score (nSPS) is 13.6. The molecule has 166 valence electrons. The zero-order valence-electron chi connectivity index (χ0n) is 18.1. The molecular formula is C26H24N4O3. The number of ether oxygens (including phenoxy) is 2. The number of fused-ring (bicyclic) bond motifs is 1. The first-order valence-electron chi connectivity index (χ1n) is 10.8. The van der Waals surface area contributed by atoms with E-state index in [1.54, 1.807) is 18.3 Å². The molecular weight excluding hydrogens is 416 g/mol. The Morgan fingerprint density at radius 2 is 1.94 bits per heavy atom.